The predicted molar refractivity (Wildman–Crippen MR) is 80.4 cm³/mol. The SMILES string of the molecule is CC(CN)CCC(=O)N(C)Cc1cccc(Cl)c1Cl. The molecule has 0 saturated heterocycles. The lowest BCUT2D eigenvalue weighted by Gasteiger charge is -2.19. The van der Waals surface area contributed by atoms with E-state index in [2.05, 4.69) is 0 Å². The fourth-order valence-electron chi connectivity index (χ4n) is 1.69. The van der Waals surface area contributed by atoms with Crippen LogP contribution in [0.5, 0.6) is 0 Å². The second-order valence-electron chi connectivity index (χ2n) is 4.84. The number of nitrogens with zero attached hydrogens (tertiary/aromatic N) is 1. The Kier molecular flexibility index (Phi) is 6.63. The summed E-state index contributed by atoms with van der Waals surface area (Å²) >= 11 is 12.1. The Labute approximate surface area is 124 Å². The third-order valence-corrected chi connectivity index (χ3v) is 3.98. The van der Waals surface area contributed by atoms with Crippen LogP contribution in [0.1, 0.15) is 25.3 Å². The summed E-state index contributed by atoms with van der Waals surface area (Å²) in [6.45, 7) is 3.12. The Hall–Kier alpha value is -0.770. The molecule has 1 rings (SSSR count). The van der Waals surface area contributed by atoms with E-state index in [1.165, 1.54) is 0 Å². The summed E-state index contributed by atoms with van der Waals surface area (Å²) in [6, 6.07) is 5.44. The third kappa shape index (κ3) is 5.01. The molecule has 0 spiro atoms. The number of halogens is 2. The summed E-state index contributed by atoms with van der Waals surface area (Å²) < 4.78 is 0. The first-order chi connectivity index (χ1) is 8.95. The molecule has 0 heterocycles. The number of nitrogens with two attached hydrogens (primary N) is 1. The van der Waals surface area contributed by atoms with Crippen LogP contribution in [0.3, 0.4) is 0 Å². The van der Waals surface area contributed by atoms with Crippen LogP contribution in [0.2, 0.25) is 10.0 Å². The minimum absolute atomic E-state index is 0.0938. The van der Waals surface area contributed by atoms with Gasteiger partial charge in [0, 0.05) is 20.0 Å². The number of benzene rings is 1. The van der Waals surface area contributed by atoms with Gasteiger partial charge < -0.3 is 10.6 Å². The average Bonchev–Trinajstić information content (AvgIpc) is 2.40. The quantitative estimate of drug-likeness (QED) is 0.876. The van der Waals surface area contributed by atoms with Crippen molar-refractivity contribution in [2.45, 2.75) is 26.3 Å². The van der Waals surface area contributed by atoms with Crippen LogP contribution in [0.15, 0.2) is 18.2 Å². The number of hydrogen-bond donors (Lipinski definition) is 1. The van der Waals surface area contributed by atoms with Crippen molar-refractivity contribution in [1.82, 2.24) is 4.90 Å². The summed E-state index contributed by atoms with van der Waals surface area (Å²) in [5.41, 5.74) is 6.40. The Morgan fingerprint density at radius 2 is 2.11 bits per heavy atom. The lowest BCUT2D eigenvalue weighted by Crippen LogP contribution is -2.27. The highest BCUT2D eigenvalue weighted by Gasteiger charge is 2.13. The molecule has 3 nitrogen and oxygen atoms in total. The summed E-state index contributed by atoms with van der Waals surface area (Å²) in [5.74, 6) is 0.462. The number of carbonyl (C=O) groups is 1. The molecule has 0 fully saturated rings. The van der Waals surface area contributed by atoms with Crippen LogP contribution in [0.4, 0.5) is 0 Å². The molecule has 5 heteroatoms. The van der Waals surface area contributed by atoms with Gasteiger partial charge >= 0.3 is 0 Å². The number of carbonyl (C=O) groups excluding carboxylic acids is 1. The van der Waals surface area contributed by atoms with E-state index in [0.29, 0.717) is 35.5 Å². The van der Waals surface area contributed by atoms with Gasteiger partial charge in [-0.3, -0.25) is 4.79 Å². The highest BCUT2D eigenvalue weighted by atomic mass is 35.5. The standard InChI is InChI=1S/C14H20Cl2N2O/c1-10(8-17)6-7-13(19)18(2)9-11-4-3-5-12(15)14(11)16/h3-5,10H,6-9,17H2,1-2H3. The monoisotopic (exact) mass is 302 g/mol. The molecule has 1 atom stereocenters. The summed E-state index contributed by atoms with van der Waals surface area (Å²) in [4.78, 5) is 13.6. The van der Waals surface area contributed by atoms with Crippen LogP contribution >= 0.6 is 23.2 Å². The fourth-order valence-corrected chi connectivity index (χ4v) is 2.07. The van der Waals surface area contributed by atoms with Crippen molar-refractivity contribution in [3.63, 3.8) is 0 Å². The molecule has 106 valence electrons. The Bertz CT molecular complexity index is 437. The number of hydrogen-bond acceptors (Lipinski definition) is 2. The third-order valence-electron chi connectivity index (χ3n) is 3.12. The molecule has 0 aliphatic carbocycles. The van der Waals surface area contributed by atoms with Gasteiger partial charge in [0.1, 0.15) is 0 Å². The lowest BCUT2D eigenvalue weighted by molar-refractivity contribution is -0.130. The first-order valence-corrected chi connectivity index (χ1v) is 7.08. The molecule has 1 aromatic carbocycles. The molecule has 0 aromatic heterocycles. The van der Waals surface area contributed by atoms with Gasteiger partial charge in [-0.15, -0.1) is 0 Å². The normalized spacial score (nSPS) is 12.3. The number of amides is 1. The van der Waals surface area contributed by atoms with Gasteiger partial charge in [0.2, 0.25) is 5.91 Å². The fraction of sp³-hybridized carbons (Fsp3) is 0.500. The van der Waals surface area contributed by atoms with E-state index in [0.717, 1.165) is 12.0 Å². The maximum Gasteiger partial charge on any atom is 0.222 e. The second-order valence-corrected chi connectivity index (χ2v) is 5.63. The molecule has 0 aliphatic heterocycles. The van der Waals surface area contributed by atoms with Crippen LogP contribution in [0, 0.1) is 5.92 Å². The first kappa shape index (κ1) is 16.3. The zero-order chi connectivity index (χ0) is 14.4. The maximum atomic E-state index is 12.0. The minimum atomic E-state index is 0.0938. The summed E-state index contributed by atoms with van der Waals surface area (Å²) in [7, 11) is 1.77. The van der Waals surface area contributed by atoms with E-state index in [9.17, 15) is 4.79 Å². The molecule has 0 saturated carbocycles. The molecule has 0 aliphatic rings. The van der Waals surface area contributed by atoms with Crippen molar-refractivity contribution in [3.05, 3.63) is 33.8 Å². The van der Waals surface area contributed by atoms with Crippen molar-refractivity contribution < 1.29 is 4.79 Å². The molecular weight excluding hydrogens is 283 g/mol. The Morgan fingerprint density at radius 1 is 1.42 bits per heavy atom. The first-order valence-electron chi connectivity index (χ1n) is 6.32. The smallest absolute Gasteiger partial charge is 0.222 e. The molecule has 1 unspecified atom stereocenters. The van der Waals surface area contributed by atoms with Gasteiger partial charge in [-0.25, -0.2) is 0 Å². The van der Waals surface area contributed by atoms with E-state index < -0.39 is 0 Å². The van der Waals surface area contributed by atoms with Crippen molar-refractivity contribution >= 4 is 29.1 Å². The van der Waals surface area contributed by atoms with Crippen molar-refractivity contribution in [3.8, 4) is 0 Å². The van der Waals surface area contributed by atoms with Crippen molar-refractivity contribution in [1.29, 1.82) is 0 Å². The molecule has 1 amide bonds. The largest absolute Gasteiger partial charge is 0.341 e. The van der Waals surface area contributed by atoms with Crippen molar-refractivity contribution in [2.75, 3.05) is 13.6 Å². The van der Waals surface area contributed by atoms with Crippen LogP contribution < -0.4 is 5.73 Å². The molecule has 1 aromatic rings. The Morgan fingerprint density at radius 3 is 2.74 bits per heavy atom. The van der Waals surface area contributed by atoms with E-state index in [4.69, 9.17) is 28.9 Å². The average molecular weight is 303 g/mol. The van der Waals surface area contributed by atoms with Crippen LogP contribution in [-0.4, -0.2) is 24.4 Å². The minimum Gasteiger partial charge on any atom is -0.341 e. The predicted octanol–water partition coefficient (Wildman–Crippen LogP) is 3.33. The highest BCUT2D eigenvalue weighted by molar-refractivity contribution is 6.42. The van der Waals surface area contributed by atoms with Gasteiger partial charge in [0.25, 0.3) is 0 Å². The molecule has 0 radical (unpaired) electrons. The van der Waals surface area contributed by atoms with Gasteiger partial charge in [-0.1, -0.05) is 42.3 Å². The summed E-state index contributed by atoms with van der Waals surface area (Å²) in [5, 5.41) is 1.02. The highest BCUT2D eigenvalue weighted by Crippen LogP contribution is 2.26. The van der Waals surface area contributed by atoms with Crippen molar-refractivity contribution in [2.24, 2.45) is 11.7 Å². The van der Waals surface area contributed by atoms with E-state index >= 15 is 0 Å². The van der Waals surface area contributed by atoms with Crippen LogP contribution in [-0.2, 0) is 11.3 Å². The summed E-state index contributed by atoms with van der Waals surface area (Å²) in [6.07, 6.45) is 1.32. The van der Waals surface area contributed by atoms with E-state index in [1.54, 1.807) is 18.0 Å². The van der Waals surface area contributed by atoms with E-state index in [-0.39, 0.29) is 5.91 Å². The number of rotatable bonds is 6. The molecule has 19 heavy (non-hydrogen) atoms. The molecular formula is C14H20Cl2N2O. The molecule has 0 bridgehead atoms. The molecule has 2 N–H and O–H groups in total. The van der Waals surface area contributed by atoms with E-state index in [1.807, 2.05) is 19.1 Å². The lowest BCUT2D eigenvalue weighted by atomic mass is 10.1. The van der Waals surface area contributed by atoms with Gasteiger partial charge in [0.05, 0.1) is 10.0 Å². The second kappa shape index (κ2) is 7.73. The zero-order valence-corrected chi connectivity index (χ0v) is 12.8. The topological polar surface area (TPSA) is 46.3 Å². The maximum absolute atomic E-state index is 12.0. The van der Waals surface area contributed by atoms with Gasteiger partial charge in [0.15, 0.2) is 0 Å². The zero-order valence-electron chi connectivity index (χ0n) is 11.3. The van der Waals surface area contributed by atoms with Crippen LogP contribution in [0.25, 0.3) is 0 Å². The Balaban J connectivity index is 2.56. The van der Waals surface area contributed by atoms with Gasteiger partial charge in [-0.05, 0) is 30.5 Å². The van der Waals surface area contributed by atoms with Gasteiger partial charge in [-0.2, -0.15) is 0 Å².